The number of carbonyl (C=O) groups is 1. The summed E-state index contributed by atoms with van der Waals surface area (Å²) in [7, 11) is 1.32. The minimum atomic E-state index is -0.652. The highest BCUT2D eigenvalue weighted by atomic mass is 35.5. The lowest BCUT2D eigenvalue weighted by Gasteiger charge is -2.28. The SMILES string of the molecule is COC(=O)c1ccc2nc(Cc3cc(F)c(-c4cccc(OCc5cnc(Cl)cc5Cl)n4)cc3F)n([C@@H]3COCC3(C)C)c2c1. The van der Waals surface area contributed by atoms with Crippen molar-refractivity contribution in [3.05, 3.63) is 105 Å². The number of halogens is 4. The van der Waals surface area contributed by atoms with Crippen LogP contribution in [0.4, 0.5) is 8.78 Å². The van der Waals surface area contributed by atoms with Gasteiger partial charge in [-0.05, 0) is 48.0 Å². The van der Waals surface area contributed by atoms with Crippen LogP contribution in [0.1, 0.15) is 47.2 Å². The molecule has 6 rings (SSSR count). The highest BCUT2D eigenvalue weighted by Gasteiger charge is 2.39. The van der Waals surface area contributed by atoms with Crippen molar-refractivity contribution in [1.29, 1.82) is 0 Å². The molecule has 232 valence electrons. The molecule has 5 aromatic rings. The van der Waals surface area contributed by atoms with Crippen LogP contribution < -0.4 is 4.74 Å². The van der Waals surface area contributed by atoms with E-state index in [0.717, 1.165) is 6.07 Å². The number of methoxy groups -OCH3 is 1. The Hall–Kier alpha value is -4.12. The summed E-state index contributed by atoms with van der Waals surface area (Å²) in [6.07, 6.45) is 1.50. The zero-order valence-electron chi connectivity index (χ0n) is 24.6. The van der Waals surface area contributed by atoms with Crippen molar-refractivity contribution in [2.75, 3.05) is 20.3 Å². The molecule has 3 aromatic heterocycles. The van der Waals surface area contributed by atoms with Crippen LogP contribution in [0.15, 0.2) is 60.8 Å². The fourth-order valence-electron chi connectivity index (χ4n) is 5.47. The molecule has 0 radical (unpaired) electrons. The molecule has 1 aliphatic heterocycles. The number of aromatic nitrogens is 4. The second-order valence-electron chi connectivity index (χ2n) is 11.5. The first-order chi connectivity index (χ1) is 21.5. The summed E-state index contributed by atoms with van der Waals surface area (Å²) in [4.78, 5) is 25.5. The van der Waals surface area contributed by atoms with Gasteiger partial charge in [0.15, 0.2) is 0 Å². The normalized spacial score (nSPS) is 15.8. The third-order valence-corrected chi connectivity index (χ3v) is 8.46. The van der Waals surface area contributed by atoms with Crippen molar-refractivity contribution in [1.82, 2.24) is 19.5 Å². The lowest BCUT2D eigenvalue weighted by Crippen LogP contribution is -2.27. The number of fused-ring (bicyclic) bond motifs is 1. The minimum Gasteiger partial charge on any atom is -0.473 e. The number of imidazole rings is 1. The minimum absolute atomic E-state index is 0.00428. The van der Waals surface area contributed by atoms with Crippen LogP contribution in [0.25, 0.3) is 22.3 Å². The van der Waals surface area contributed by atoms with E-state index in [4.69, 9.17) is 42.4 Å². The third-order valence-electron chi connectivity index (χ3n) is 7.90. The fourth-order valence-corrected chi connectivity index (χ4v) is 5.89. The fraction of sp³-hybridized carbons (Fsp3) is 0.273. The third kappa shape index (κ3) is 6.22. The molecule has 0 N–H and O–H groups in total. The number of hydrogen-bond acceptors (Lipinski definition) is 7. The molecule has 0 saturated carbocycles. The molecule has 0 aliphatic carbocycles. The van der Waals surface area contributed by atoms with Crippen LogP contribution in [0.2, 0.25) is 10.2 Å². The topological polar surface area (TPSA) is 88.4 Å². The molecular formula is C33H28Cl2F2N4O4. The van der Waals surface area contributed by atoms with Crippen molar-refractivity contribution in [2.24, 2.45) is 5.41 Å². The van der Waals surface area contributed by atoms with E-state index in [1.54, 1.807) is 36.4 Å². The summed E-state index contributed by atoms with van der Waals surface area (Å²) in [6, 6.07) is 13.5. The van der Waals surface area contributed by atoms with E-state index in [9.17, 15) is 4.79 Å². The standard InChI is InChI=1S/C33H28Cl2F2N4O4/c1-33(2)17-44-16-28(33)41-27-10-18(32(42)43-3)7-8-26(27)39-30(41)11-19-9-24(37)21(12-23(19)36)25-5-4-6-31(40-25)45-15-20-14-38-29(35)13-22(20)34/h4-10,12-14,28H,11,15-17H2,1-3H3/t28-/m1/s1. The van der Waals surface area contributed by atoms with Crippen LogP contribution >= 0.6 is 23.2 Å². The van der Waals surface area contributed by atoms with Crippen molar-refractivity contribution in [3.8, 4) is 17.1 Å². The molecular weight excluding hydrogens is 625 g/mol. The summed E-state index contributed by atoms with van der Waals surface area (Å²) in [5.74, 6) is -1.03. The number of hydrogen-bond donors (Lipinski definition) is 0. The van der Waals surface area contributed by atoms with Gasteiger partial charge in [0, 0.05) is 35.2 Å². The molecule has 0 unspecified atom stereocenters. The second kappa shape index (κ2) is 12.3. The van der Waals surface area contributed by atoms with E-state index in [-0.39, 0.29) is 52.3 Å². The monoisotopic (exact) mass is 652 g/mol. The number of nitrogens with zero attached hydrogens (tertiary/aromatic N) is 4. The van der Waals surface area contributed by atoms with Crippen molar-refractivity contribution >= 4 is 40.2 Å². The van der Waals surface area contributed by atoms with Crippen molar-refractivity contribution in [2.45, 2.75) is 32.9 Å². The zero-order valence-corrected chi connectivity index (χ0v) is 26.1. The van der Waals surface area contributed by atoms with E-state index in [1.807, 2.05) is 4.57 Å². The Morgan fingerprint density at radius 2 is 1.89 bits per heavy atom. The summed E-state index contributed by atoms with van der Waals surface area (Å²) in [5, 5.41) is 0.641. The Morgan fingerprint density at radius 3 is 2.62 bits per heavy atom. The lowest BCUT2D eigenvalue weighted by atomic mass is 9.87. The van der Waals surface area contributed by atoms with E-state index < -0.39 is 17.6 Å². The predicted octanol–water partition coefficient (Wildman–Crippen LogP) is 7.63. The number of pyridine rings is 2. The smallest absolute Gasteiger partial charge is 0.337 e. The molecule has 8 nitrogen and oxygen atoms in total. The largest absolute Gasteiger partial charge is 0.473 e. The first-order valence-electron chi connectivity index (χ1n) is 14.1. The van der Waals surface area contributed by atoms with Crippen LogP contribution in [-0.4, -0.2) is 45.8 Å². The Balaban J connectivity index is 1.31. The zero-order chi connectivity index (χ0) is 31.9. The maximum atomic E-state index is 15.7. The quantitative estimate of drug-likeness (QED) is 0.126. The summed E-state index contributed by atoms with van der Waals surface area (Å²) >= 11 is 12.1. The second-order valence-corrected chi connectivity index (χ2v) is 12.3. The molecule has 0 spiro atoms. The lowest BCUT2D eigenvalue weighted by molar-refractivity contribution is 0.0601. The maximum Gasteiger partial charge on any atom is 0.337 e. The summed E-state index contributed by atoms with van der Waals surface area (Å²) < 4.78 is 49.8. The number of benzene rings is 2. The average molecular weight is 654 g/mol. The molecule has 1 aliphatic rings. The Kier molecular flexibility index (Phi) is 8.47. The van der Waals surface area contributed by atoms with Gasteiger partial charge in [0.2, 0.25) is 5.88 Å². The van der Waals surface area contributed by atoms with Crippen molar-refractivity contribution < 1.29 is 27.8 Å². The van der Waals surface area contributed by atoms with Gasteiger partial charge in [-0.15, -0.1) is 0 Å². The van der Waals surface area contributed by atoms with E-state index >= 15 is 8.78 Å². The van der Waals surface area contributed by atoms with E-state index in [1.165, 1.54) is 25.4 Å². The Morgan fingerprint density at radius 1 is 1.07 bits per heavy atom. The van der Waals surface area contributed by atoms with Crippen LogP contribution in [0.3, 0.4) is 0 Å². The van der Waals surface area contributed by atoms with Gasteiger partial charge in [0.25, 0.3) is 0 Å². The average Bonchev–Trinajstić information content (AvgIpc) is 3.55. The van der Waals surface area contributed by atoms with Gasteiger partial charge in [-0.25, -0.2) is 28.5 Å². The summed E-state index contributed by atoms with van der Waals surface area (Å²) in [6.45, 7) is 5.13. The van der Waals surface area contributed by atoms with Gasteiger partial charge < -0.3 is 18.8 Å². The molecule has 0 amide bonds. The van der Waals surface area contributed by atoms with Gasteiger partial charge in [-0.2, -0.15) is 0 Å². The van der Waals surface area contributed by atoms with Gasteiger partial charge in [0.05, 0.1) is 53.7 Å². The van der Waals surface area contributed by atoms with Gasteiger partial charge in [-0.1, -0.05) is 43.1 Å². The Bertz CT molecular complexity index is 1930. The van der Waals surface area contributed by atoms with Gasteiger partial charge in [0.1, 0.15) is 29.2 Å². The van der Waals surface area contributed by atoms with E-state index in [0.29, 0.717) is 46.2 Å². The molecule has 2 aromatic carbocycles. The van der Waals surface area contributed by atoms with Gasteiger partial charge >= 0.3 is 5.97 Å². The molecule has 12 heteroatoms. The predicted molar refractivity (Wildman–Crippen MR) is 166 cm³/mol. The molecule has 1 fully saturated rings. The number of esters is 1. The van der Waals surface area contributed by atoms with Crippen LogP contribution in [0.5, 0.6) is 5.88 Å². The molecule has 1 atom stereocenters. The highest BCUT2D eigenvalue weighted by molar-refractivity contribution is 6.34. The van der Waals surface area contributed by atoms with Crippen LogP contribution in [0, 0.1) is 17.0 Å². The van der Waals surface area contributed by atoms with E-state index in [2.05, 4.69) is 23.8 Å². The number of carbonyl (C=O) groups excluding carboxylic acids is 1. The maximum absolute atomic E-state index is 15.7. The first kappa shape index (κ1) is 30.9. The van der Waals surface area contributed by atoms with Crippen LogP contribution in [-0.2, 0) is 22.5 Å². The molecule has 0 bridgehead atoms. The number of rotatable bonds is 8. The number of ether oxygens (including phenoxy) is 3. The molecule has 4 heterocycles. The molecule has 1 saturated heterocycles. The van der Waals surface area contributed by atoms with Crippen molar-refractivity contribution in [3.63, 3.8) is 0 Å². The Labute approximate surface area is 267 Å². The first-order valence-corrected chi connectivity index (χ1v) is 14.8. The van der Waals surface area contributed by atoms with Gasteiger partial charge in [-0.3, -0.25) is 0 Å². The molecule has 45 heavy (non-hydrogen) atoms. The summed E-state index contributed by atoms with van der Waals surface area (Å²) in [5.41, 5.74) is 2.29. The highest BCUT2D eigenvalue weighted by Crippen LogP contribution is 2.40.